The molecule has 0 aliphatic heterocycles. The Kier molecular flexibility index (Phi) is 6.93. The number of nitrogens with zero attached hydrogens (tertiary/aromatic N) is 1. The van der Waals surface area contributed by atoms with Crippen molar-refractivity contribution in [3.63, 3.8) is 0 Å². The molecule has 1 aromatic rings. The molecule has 0 fully saturated rings. The highest BCUT2D eigenvalue weighted by Gasteiger charge is 2.11. The molecule has 1 aliphatic rings. The van der Waals surface area contributed by atoms with Gasteiger partial charge in [0, 0.05) is 18.7 Å². The smallest absolute Gasteiger partial charge is 0.321 e. The zero-order valence-electron chi connectivity index (χ0n) is 12.9. The maximum absolute atomic E-state index is 11.7. The molecule has 1 heterocycles. The van der Waals surface area contributed by atoms with E-state index >= 15 is 0 Å². The highest BCUT2D eigenvalue weighted by atomic mass is 32.2. The zero-order valence-corrected chi connectivity index (χ0v) is 13.7. The molecule has 0 bridgehead atoms. The van der Waals surface area contributed by atoms with Crippen LogP contribution in [0.2, 0.25) is 0 Å². The van der Waals surface area contributed by atoms with Gasteiger partial charge < -0.3 is 10.5 Å². The van der Waals surface area contributed by atoms with Crippen molar-refractivity contribution in [2.24, 2.45) is 0 Å². The Hall–Kier alpha value is -2.02. The summed E-state index contributed by atoms with van der Waals surface area (Å²) < 4.78 is 0.690. The lowest BCUT2D eigenvalue weighted by Crippen LogP contribution is -2.41. The van der Waals surface area contributed by atoms with Gasteiger partial charge in [0.2, 0.25) is 5.91 Å². The molecule has 0 saturated heterocycles. The second-order valence-corrected chi connectivity index (χ2v) is 6.31. The van der Waals surface area contributed by atoms with Gasteiger partial charge in [-0.3, -0.25) is 10.1 Å². The summed E-state index contributed by atoms with van der Waals surface area (Å²) in [6.07, 6.45) is 9.12. The molecule has 124 valence electrons. The van der Waals surface area contributed by atoms with Gasteiger partial charge in [0.05, 0.1) is 5.75 Å². The summed E-state index contributed by atoms with van der Waals surface area (Å²) in [7, 11) is 0. The third kappa shape index (κ3) is 6.32. The van der Waals surface area contributed by atoms with E-state index in [1.165, 1.54) is 24.6 Å². The monoisotopic (exact) mass is 335 g/mol. The van der Waals surface area contributed by atoms with Crippen molar-refractivity contribution < 1.29 is 14.3 Å². The van der Waals surface area contributed by atoms with Crippen molar-refractivity contribution in [1.82, 2.24) is 10.6 Å². The lowest BCUT2D eigenvalue weighted by atomic mass is 9.97. The fourth-order valence-corrected chi connectivity index (χ4v) is 3.05. The number of imide groups is 1. The standard InChI is InChI=1S/C16H21N3O3S/c20-14(12-23-15-8-4-5-11-19(15)22)18-16(21)17-10-9-13-6-2-1-3-7-13/h4-6,8,11H,1-3,7,9-10,12H2,(H2,17,18,20,21). The van der Waals surface area contributed by atoms with Crippen LogP contribution >= 0.6 is 11.8 Å². The SMILES string of the molecule is O=C(CSc1cccc[n+]1[O-])NC(=O)NCCC1=CCCCC1. The lowest BCUT2D eigenvalue weighted by Gasteiger charge is -2.13. The molecule has 2 rings (SSSR count). The number of amides is 3. The quantitative estimate of drug-likeness (QED) is 0.361. The minimum absolute atomic E-state index is 0.0187. The van der Waals surface area contributed by atoms with E-state index in [9.17, 15) is 14.8 Å². The van der Waals surface area contributed by atoms with Gasteiger partial charge in [0.25, 0.3) is 5.03 Å². The first-order valence-electron chi connectivity index (χ1n) is 7.72. The molecule has 3 amide bonds. The minimum Gasteiger partial charge on any atom is -0.618 e. The summed E-state index contributed by atoms with van der Waals surface area (Å²) in [4.78, 5) is 23.3. The molecule has 7 heteroatoms. The summed E-state index contributed by atoms with van der Waals surface area (Å²) in [5.74, 6) is -0.404. The second-order valence-electron chi connectivity index (χ2n) is 5.32. The van der Waals surface area contributed by atoms with Crippen molar-refractivity contribution in [1.29, 1.82) is 0 Å². The minimum atomic E-state index is -0.491. The largest absolute Gasteiger partial charge is 0.618 e. The van der Waals surface area contributed by atoms with Crippen LogP contribution in [0.1, 0.15) is 32.1 Å². The van der Waals surface area contributed by atoms with E-state index in [0.29, 0.717) is 16.3 Å². The van der Waals surface area contributed by atoms with Crippen LogP contribution in [0.5, 0.6) is 0 Å². The molecule has 1 aromatic heterocycles. The molecule has 0 radical (unpaired) electrons. The average molecular weight is 335 g/mol. The molecule has 0 spiro atoms. The number of carbonyl (C=O) groups excluding carboxylic acids is 2. The Morgan fingerprint density at radius 3 is 2.91 bits per heavy atom. The van der Waals surface area contributed by atoms with Gasteiger partial charge in [0.15, 0.2) is 6.20 Å². The Labute approximate surface area is 139 Å². The van der Waals surface area contributed by atoms with Crippen LogP contribution < -0.4 is 15.4 Å². The number of hydrogen-bond donors (Lipinski definition) is 2. The molecule has 1 aliphatic carbocycles. The van der Waals surface area contributed by atoms with Crippen LogP contribution in [0, 0.1) is 5.21 Å². The van der Waals surface area contributed by atoms with Crippen LogP contribution in [0.15, 0.2) is 41.1 Å². The molecule has 0 unspecified atom stereocenters. The molecule has 23 heavy (non-hydrogen) atoms. The van der Waals surface area contributed by atoms with Crippen molar-refractivity contribution in [2.45, 2.75) is 37.1 Å². The first-order chi connectivity index (χ1) is 11.1. The van der Waals surface area contributed by atoms with E-state index in [1.807, 2.05) is 0 Å². The predicted octanol–water partition coefficient (Wildman–Crippen LogP) is 2.13. The maximum Gasteiger partial charge on any atom is 0.321 e. The van der Waals surface area contributed by atoms with Gasteiger partial charge >= 0.3 is 6.03 Å². The molecule has 6 nitrogen and oxygen atoms in total. The molecular formula is C16H21N3O3S. The van der Waals surface area contributed by atoms with E-state index in [0.717, 1.165) is 31.0 Å². The van der Waals surface area contributed by atoms with Gasteiger partial charge in [-0.15, -0.1) is 0 Å². The molecular weight excluding hydrogens is 314 g/mol. The fraction of sp³-hybridized carbons (Fsp3) is 0.438. The number of hydrogen-bond acceptors (Lipinski definition) is 4. The Balaban J connectivity index is 1.63. The number of rotatable bonds is 6. The fourth-order valence-electron chi connectivity index (χ4n) is 2.34. The molecule has 2 N–H and O–H groups in total. The number of pyridine rings is 1. The van der Waals surface area contributed by atoms with Crippen LogP contribution in [0.3, 0.4) is 0 Å². The first kappa shape index (κ1) is 17.3. The van der Waals surface area contributed by atoms with Crippen molar-refractivity contribution >= 4 is 23.7 Å². The topological polar surface area (TPSA) is 85.1 Å². The van der Waals surface area contributed by atoms with E-state index in [-0.39, 0.29) is 5.75 Å². The average Bonchev–Trinajstić information content (AvgIpc) is 2.55. The third-order valence-corrected chi connectivity index (χ3v) is 4.53. The maximum atomic E-state index is 11.7. The molecule has 0 aromatic carbocycles. The van der Waals surface area contributed by atoms with E-state index in [4.69, 9.17) is 0 Å². The first-order valence-corrected chi connectivity index (χ1v) is 8.70. The van der Waals surface area contributed by atoms with Gasteiger partial charge in [0.1, 0.15) is 0 Å². The summed E-state index contributed by atoms with van der Waals surface area (Å²) in [6, 6.07) is 4.48. The number of urea groups is 1. The van der Waals surface area contributed by atoms with E-state index < -0.39 is 11.9 Å². The predicted molar refractivity (Wildman–Crippen MR) is 88.8 cm³/mol. The summed E-state index contributed by atoms with van der Waals surface area (Å²) in [6.45, 7) is 0.525. The van der Waals surface area contributed by atoms with E-state index in [1.54, 1.807) is 18.2 Å². The van der Waals surface area contributed by atoms with Gasteiger partial charge in [-0.25, -0.2) is 4.79 Å². The summed E-state index contributed by atoms with van der Waals surface area (Å²) in [5.41, 5.74) is 1.38. The number of allylic oxidation sites excluding steroid dienone is 1. The highest BCUT2D eigenvalue weighted by Crippen LogP contribution is 2.19. The molecule has 0 atom stereocenters. The number of aromatic nitrogens is 1. The van der Waals surface area contributed by atoms with Gasteiger partial charge in [-0.05, 0) is 49.9 Å². The normalized spacial score (nSPS) is 14.0. The molecule has 0 saturated carbocycles. The van der Waals surface area contributed by atoms with Crippen molar-refractivity contribution in [2.75, 3.05) is 12.3 Å². The van der Waals surface area contributed by atoms with Crippen molar-refractivity contribution in [3.05, 3.63) is 41.3 Å². The second kappa shape index (κ2) is 9.19. The zero-order chi connectivity index (χ0) is 16.5. The van der Waals surface area contributed by atoms with Crippen molar-refractivity contribution in [3.8, 4) is 0 Å². The number of nitrogens with one attached hydrogen (secondary N) is 2. The Morgan fingerprint density at radius 2 is 2.17 bits per heavy atom. The number of thioether (sulfide) groups is 1. The van der Waals surface area contributed by atoms with Crippen LogP contribution in [-0.4, -0.2) is 24.2 Å². The Bertz CT molecular complexity index is 590. The van der Waals surface area contributed by atoms with Crippen LogP contribution in [-0.2, 0) is 4.79 Å². The Morgan fingerprint density at radius 1 is 1.30 bits per heavy atom. The summed E-state index contributed by atoms with van der Waals surface area (Å²) in [5, 5.41) is 16.8. The van der Waals surface area contributed by atoms with E-state index in [2.05, 4.69) is 16.7 Å². The van der Waals surface area contributed by atoms with Gasteiger partial charge in [-0.2, -0.15) is 4.73 Å². The van der Waals surface area contributed by atoms with Crippen LogP contribution in [0.4, 0.5) is 4.79 Å². The number of carbonyl (C=O) groups is 2. The summed E-state index contributed by atoms with van der Waals surface area (Å²) >= 11 is 1.09. The van der Waals surface area contributed by atoms with Crippen LogP contribution in [0.25, 0.3) is 0 Å². The van der Waals surface area contributed by atoms with Gasteiger partial charge in [-0.1, -0.05) is 11.6 Å². The third-order valence-electron chi connectivity index (χ3n) is 3.51. The highest BCUT2D eigenvalue weighted by molar-refractivity contribution is 7.99. The lowest BCUT2D eigenvalue weighted by molar-refractivity contribution is -0.645.